The van der Waals surface area contributed by atoms with Crippen LogP contribution in [0.3, 0.4) is 0 Å². The number of anilines is 1. The van der Waals surface area contributed by atoms with Gasteiger partial charge in [0.05, 0.1) is 37.4 Å². The Morgan fingerprint density at radius 1 is 1.05 bits per heavy atom. The Balaban J connectivity index is 1.60. The molecule has 1 aliphatic rings. The summed E-state index contributed by atoms with van der Waals surface area (Å²) >= 11 is 8.29. The second-order valence-corrected chi connectivity index (χ2v) is 14.6. The van der Waals surface area contributed by atoms with Crippen LogP contribution < -0.4 is 14.8 Å². The molecule has 1 fully saturated rings. The predicted molar refractivity (Wildman–Crippen MR) is 175 cm³/mol. The number of aromatic nitrogens is 2. The highest BCUT2D eigenvalue weighted by Gasteiger charge is 2.33. The first-order chi connectivity index (χ1) is 20.6. The highest BCUT2D eigenvalue weighted by atomic mass is 35.5. The van der Waals surface area contributed by atoms with Gasteiger partial charge in [-0.15, -0.1) is 0 Å². The van der Waals surface area contributed by atoms with Gasteiger partial charge in [0.25, 0.3) is 5.91 Å². The zero-order chi connectivity index (χ0) is 30.8. The summed E-state index contributed by atoms with van der Waals surface area (Å²) in [5.74, 6) is 0.339. The number of hydrogen-bond donors (Lipinski definition) is 1. The first-order valence-electron chi connectivity index (χ1n) is 14.2. The van der Waals surface area contributed by atoms with Gasteiger partial charge in [-0.05, 0) is 50.5 Å². The Labute approximate surface area is 264 Å². The highest BCUT2D eigenvalue weighted by Crippen LogP contribution is 2.51. The van der Waals surface area contributed by atoms with Crippen LogP contribution in [-0.2, 0) is 22.3 Å². The van der Waals surface area contributed by atoms with Crippen LogP contribution in [0, 0.1) is 13.8 Å². The second-order valence-electron chi connectivity index (χ2n) is 10.8. The molecular weight excluding hydrogens is 606 g/mol. The van der Waals surface area contributed by atoms with Crippen molar-refractivity contribution in [2.75, 3.05) is 26.6 Å². The lowest BCUT2D eigenvalue weighted by molar-refractivity contribution is -0.141. The molecule has 0 aliphatic heterocycles. The minimum absolute atomic E-state index is 0.0784. The Morgan fingerprint density at radius 2 is 1.77 bits per heavy atom. The summed E-state index contributed by atoms with van der Waals surface area (Å²) in [4.78, 5) is 31.4. The van der Waals surface area contributed by atoms with Crippen molar-refractivity contribution in [3.05, 3.63) is 52.2 Å². The molecule has 2 aromatic heterocycles. The largest absolute Gasteiger partial charge is 0.496 e. The van der Waals surface area contributed by atoms with Crippen molar-refractivity contribution < 1.29 is 23.8 Å². The van der Waals surface area contributed by atoms with Crippen LogP contribution in [0.1, 0.15) is 53.7 Å². The van der Waals surface area contributed by atoms with E-state index in [0.29, 0.717) is 32.6 Å². The summed E-state index contributed by atoms with van der Waals surface area (Å²) in [6.45, 7) is 3.91. The van der Waals surface area contributed by atoms with Gasteiger partial charge in [-0.3, -0.25) is 14.9 Å². The average Bonchev–Trinajstić information content (AvgIpc) is 3.50. The van der Waals surface area contributed by atoms with Gasteiger partial charge in [0, 0.05) is 27.2 Å². The van der Waals surface area contributed by atoms with Gasteiger partial charge >= 0.3 is 11.1 Å². The quantitative estimate of drug-likeness (QED) is 0.146. The van der Waals surface area contributed by atoms with Crippen molar-refractivity contribution in [1.82, 2.24) is 9.55 Å². The summed E-state index contributed by atoms with van der Waals surface area (Å²) in [6.07, 6.45) is 8.07. The third-order valence-electron chi connectivity index (χ3n) is 7.82. The number of esters is 1. The Hall–Kier alpha value is -3.21. The van der Waals surface area contributed by atoms with Gasteiger partial charge < -0.3 is 18.8 Å². The number of hydrogen-bond acceptors (Lipinski definition) is 7. The van der Waals surface area contributed by atoms with Crippen LogP contribution in [0.25, 0.3) is 22.2 Å². The third kappa shape index (κ3) is 6.37. The Morgan fingerprint density at radius 3 is 2.44 bits per heavy atom. The Bertz CT molecular complexity index is 1690. The maximum absolute atomic E-state index is 14.0. The van der Waals surface area contributed by atoms with Crippen molar-refractivity contribution in [2.45, 2.75) is 62.0 Å². The lowest BCUT2D eigenvalue weighted by atomic mass is 10.0. The molecule has 0 spiro atoms. The zero-order valence-corrected chi connectivity index (χ0v) is 27.7. The highest BCUT2D eigenvalue weighted by molar-refractivity contribution is 8.02. The van der Waals surface area contributed by atoms with Gasteiger partial charge in [0.1, 0.15) is 35.7 Å². The van der Waals surface area contributed by atoms with Gasteiger partial charge in [0.15, 0.2) is 0 Å². The molecule has 1 amide bonds. The number of thioether (sulfide) groups is 1. The fraction of sp³-hybridized carbons (Fsp3) is 0.406. The molecule has 43 heavy (non-hydrogen) atoms. The number of benzene rings is 2. The fourth-order valence-electron chi connectivity index (χ4n) is 5.76. The summed E-state index contributed by atoms with van der Waals surface area (Å²) in [6, 6.07) is 9.48. The van der Waals surface area contributed by atoms with Crippen LogP contribution in [-0.4, -0.2) is 48.0 Å². The maximum atomic E-state index is 14.0. The number of carbonyl (C=O) groups is 2. The van der Waals surface area contributed by atoms with Crippen LogP contribution in [0.5, 0.6) is 11.5 Å². The maximum Gasteiger partial charge on any atom is 0.348 e. The van der Waals surface area contributed by atoms with E-state index in [-0.39, 0.29) is 12.5 Å². The number of thiazole rings is 1. The van der Waals surface area contributed by atoms with Crippen LogP contribution in [0.2, 0.25) is 5.02 Å². The smallest absolute Gasteiger partial charge is 0.348 e. The molecule has 0 bridgehead atoms. The zero-order valence-electron chi connectivity index (χ0n) is 25.3. The van der Waals surface area contributed by atoms with E-state index in [0.717, 1.165) is 50.3 Å². The average molecular weight is 643 g/mol. The second kappa shape index (κ2) is 13.2. The van der Waals surface area contributed by atoms with E-state index in [9.17, 15) is 9.59 Å². The molecule has 4 aromatic rings. The molecular formula is C32H37ClN3O5S2+. The fourth-order valence-corrected chi connectivity index (χ4v) is 9.44. The molecule has 228 valence electrons. The molecule has 1 saturated carbocycles. The van der Waals surface area contributed by atoms with E-state index in [1.54, 1.807) is 24.9 Å². The minimum atomic E-state index is -0.514. The molecule has 2 aromatic carbocycles. The number of halogens is 1. The van der Waals surface area contributed by atoms with Crippen LogP contribution >= 0.6 is 33.8 Å². The molecule has 1 unspecified atom stereocenters. The number of carbonyl (C=O) groups excluding carboxylic acids is 2. The van der Waals surface area contributed by atoms with E-state index in [1.165, 1.54) is 26.4 Å². The van der Waals surface area contributed by atoms with Gasteiger partial charge in [-0.2, -0.15) is 4.98 Å². The Kier molecular flexibility index (Phi) is 9.58. The number of methoxy groups -OCH3 is 3. The lowest BCUT2D eigenvalue weighted by Gasteiger charge is -2.19. The molecule has 5 rings (SSSR count). The molecule has 1 atom stereocenters. The summed E-state index contributed by atoms with van der Waals surface area (Å²) < 4.78 is 19.1. The predicted octanol–water partition coefficient (Wildman–Crippen LogP) is 8.13. The van der Waals surface area contributed by atoms with Gasteiger partial charge in [-0.1, -0.05) is 54.3 Å². The number of fused-ring (bicyclic) bond motifs is 1. The van der Waals surface area contributed by atoms with Crippen molar-refractivity contribution in [3.8, 4) is 22.8 Å². The van der Waals surface area contributed by atoms with Crippen molar-refractivity contribution in [1.29, 1.82) is 0 Å². The van der Waals surface area contributed by atoms with Crippen molar-refractivity contribution >= 4 is 61.7 Å². The number of rotatable bonds is 9. The summed E-state index contributed by atoms with van der Waals surface area (Å²) in [7, 11) is 4.01. The number of aryl methyl sites for hydroxylation is 2. The van der Waals surface area contributed by atoms with E-state index < -0.39 is 16.4 Å². The normalized spacial score (nSPS) is 14.2. The lowest BCUT2D eigenvalue weighted by Crippen LogP contribution is -2.21. The van der Waals surface area contributed by atoms with E-state index in [2.05, 4.69) is 11.6 Å². The molecule has 1 N–H and O–H groups in total. The standard InChI is InChI=1S/C32H36ClN3O5S2/c1-18-12-19(2)29-20(13-18)14-24(36(29)17-27(37)41-5)30(38)35-32-34-28(22-15-26(40-4)23(33)16-25(22)39-3)31(43(32)6)42-21-10-8-7-9-11-21/h12-16,21H,7-11,17H2,1-6H3/p+1. The monoisotopic (exact) mass is 642 g/mol. The molecule has 0 radical (unpaired) electrons. The van der Waals surface area contributed by atoms with Gasteiger partial charge in [-0.25, -0.2) is 0 Å². The van der Waals surface area contributed by atoms with Gasteiger partial charge in [0.2, 0.25) is 4.21 Å². The summed E-state index contributed by atoms with van der Waals surface area (Å²) in [5.41, 5.74) is 4.77. The SMILES string of the molecule is COC(=O)Cn1c(C(=O)Nc2nc(-c3cc(OC)c(Cl)cc3OC)c(SC3CCCCC3)[s+]2C)cc2cc(C)cc(C)c21. The molecule has 8 nitrogen and oxygen atoms in total. The van der Waals surface area contributed by atoms with E-state index in [4.69, 9.17) is 30.8 Å². The van der Waals surface area contributed by atoms with Crippen LogP contribution in [0.15, 0.2) is 34.5 Å². The number of ether oxygens (including phenoxy) is 3. The third-order valence-corrected chi connectivity index (χ3v) is 11.9. The topological polar surface area (TPSA) is 91.7 Å². The number of amides is 1. The van der Waals surface area contributed by atoms with Crippen molar-refractivity contribution in [3.63, 3.8) is 0 Å². The van der Waals surface area contributed by atoms with Crippen molar-refractivity contribution in [2.24, 2.45) is 6.26 Å². The van der Waals surface area contributed by atoms with E-state index >= 15 is 0 Å². The number of nitrogens with zero attached hydrogens (tertiary/aromatic N) is 2. The van der Waals surface area contributed by atoms with Crippen LogP contribution in [0.4, 0.5) is 5.13 Å². The molecule has 0 saturated heterocycles. The minimum Gasteiger partial charge on any atom is -0.496 e. The molecule has 1 aliphatic carbocycles. The van der Waals surface area contributed by atoms with E-state index in [1.807, 2.05) is 49.9 Å². The first-order valence-corrected chi connectivity index (χ1v) is 17.1. The molecule has 11 heteroatoms. The first kappa shape index (κ1) is 31.2. The molecule has 2 heterocycles. The summed E-state index contributed by atoms with van der Waals surface area (Å²) in [5, 5.41) is 5.49. The number of nitrogens with one attached hydrogen (secondary N) is 1.